The SMILES string of the molecule is CN(C)[C@H]1C[C@@]23CC[C@]4(O2)C2CC=C(c5ccncc5)[C@@]2(C)CCC4(C#N)C=C3[C@@H](O)[C@@H]1O. The highest BCUT2D eigenvalue weighted by Crippen LogP contribution is 2.72. The Morgan fingerprint density at radius 3 is 2.61 bits per heavy atom. The number of aliphatic hydroxyl groups is 2. The second kappa shape index (κ2) is 6.76. The number of likely N-dealkylation sites (N-methyl/N-ethyl adjacent to an activating group) is 1. The van der Waals surface area contributed by atoms with Gasteiger partial charge in [-0.15, -0.1) is 0 Å². The predicted molar refractivity (Wildman–Crippen MR) is 124 cm³/mol. The van der Waals surface area contributed by atoms with Crippen LogP contribution < -0.4 is 0 Å². The van der Waals surface area contributed by atoms with E-state index >= 15 is 0 Å². The monoisotopic (exact) mass is 447 g/mol. The van der Waals surface area contributed by atoms with Crippen molar-refractivity contribution in [3.63, 3.8) is 0 Å². The molecule has 5 aliphatic rings. The van der Waals surface area contributed by atoms with Crippen molar-refractivity contribution in [1.82, 2.24) is 9.88 Å². The van der Waals surface area contributed by atoms with Gasteiger partial charge in [-0.25, -0.2) is 0 Å². The quantitative estimate of drug-likeness (QED) is 0.678. The number of aromatic nitrogens is 1. The van der Waals surface area contributed by atoms with Crippen LogP contribution in [0.4, 0.5) is 0 Å². The summed E-state index contributed by atoms with van der Waals surface area (Å²) in [5.74, 6) is 0.195. The maximum absolute atomic E-state index is 11.2. The van der Waals surface area contributed by atoms with Gasteiger partial charge in [-0.05, 0) is 86.9 Å². The van der Waals surface area contributed by atoms with Crippen LogP contribution in [0, 0.1) is 28.1 Å². The molecule has 1 aromatic rings. The lowest BCUT2D eigenvalue weighted by Crippen LogP contribution is -2.66. The van der Waals surface area contributed by atoms with Crippen molar-refractivity contribution in [3.05, 3.63) is 47.8 Å². The summed E-state index contributed by atoms with van der Waals surface area (Å²) in [6.45, 7) is 2.35. The molecule has 3 fully saturated rings. The number of nitriles is 1. The highest BCUT2D eigenvalue weighted by molar-refractivity contribution is 5.73. The lowest BCUT2D eigenvalue weighted by Gasteiger charge is -2.61. The summed E-state index contributed by atoms with van der Waals surface area (Å²) >= 11 is 0. The van der Waals surface area contributed by atoms with E-state index in [1.165, 1.54) is 11.1 Å². The molecule has 3 aliphatic carbocycles. The third kappa shape index (κ3) is 2.49. The molecule has 3 heterocycles. The summed E-state index contributed by atoms with van der Waals surface area (Å²) in [6.07, 6.45) is 10.9. The number of aliphatic hydroxyl groups excluding tert-OH is 2. The largest absolute Gasteiger partial charge is 0.388 e. The fraction of sp³-hybridized carbons (Fsp3) is 0.630. The van der Waals surface area contributed by atoms with E-state index in [2.05, 4.69) is 36.2 Å². The molecular formula is C27H33N3O3. The smallest absolute Gasteiger partial charge is 0.105 e. The standard InChI is InChI=1S/C27H33N3O3/c1-24-8-9-25(16-28)14-19-22(31)23(32)20(30(2)3)15-26(19)10-11-27(25,33-26)21(24)5-4-18(24)17-6-12-29-13-7-17/h4,6-7,12-14,20-23,31-32H,5,8-11,15H2,1-3H3/t20-,21?,22+,23+,24+,25?,26+,27-/m0/s1. The lowest BCUT2D eigenvalue weighted by molar-refractivity contribution is -0.223. The van der Waals surface area contributed by atoms with Crippen molar-refractivity contribution < 1.29 is 14.9 Å². The fourth-order valence-corrected chi connectivity index (χ4v) is 8.22. The van der Waals surface area contributed by atoms with Gasteiger partial charge in [0.25, 0.3) is 0 Å². The molecule has 174 valence electrons. The number of allylic oxidation sites excluding steroid dienone is 2. The van der Waals surface area contributed by atoms with E-state index in [0.717, 1.165) is 31.3 Å². The maximum Gasteiger partial charge on any atom is 0.105 e. The first-order chi connectivity index (χ1) is 15.7. The first-order valence-corrected chi connectivity index (χ1v) is 12.2. The molecular weight excluding hydrogens is 414 g/mol. The van der Waals surface area contributed by atoms with Gasteiger partial charge in [0.1, 0.15) is 11.5 Å². The van der Waals surface area contributed by atoms with Crippen LogP contribution in [0.5, 0.6) is 0 Å². The maximum atomic E-state index is 11.2. The fourth-order valence-electron chi connectivity index (χ4n) is 8.22. The average Bonchev–Trinajstić information content (AvgIpc) is 3.34. The van der Waals surface area contributed by atoms with Crippen molar-refractivity contribution in [2.45, 2.75) is 74.9 Å². The first kappa shape index (κ1) is 21.5. The van der Waals surface area contributed by atoms with E-state index in [4.69, 9.17) is 4.74 Å². The van der Waals surface area contributed by atoms with E-state index in [0.29, 0.717) is 12.8 Å². The highest BCUT2D eigenvalue weighted by atomic mass is 16.5. The Balaban J connectivity index is 1.47. The van der Waals surface area contributed by atoms with Crippen LogP contribution >= 0.6 is 0 Å². The van der Waals surface area contributed by atoms with Crippen molar-refractivity contribution >= 4 is 5.57 Å². The number of nitrogens with zero attached hydrogens (tertiary/aromatic N) is 3. The third-order valence-corrected chi connectivity index (χ3v) is 9.93. The molecule has 33 heavy (non-hydrogen) atoms. The van der Waals surface area contributed by atoms with Crippen molar-refractivity contribution in [2.24, 2.45) is 16.7 Å². The van der Waals surface area contributed by atoms with Gasteiger partial charge < -0.3 is 19.8 Å². The zero-order valence-corrected chi connectivity index (χ0v) is 19.7. The van der Waals surface area contributed by atoms with E-state index in [9.17, 15) is 15.5 Å². The second-order valence-corrected chi connectivity index (χ2v) is 11.4. The van der Waals surface area contributed by atoms with Gasteiger partial charge in [-0.3, -0.25) is 4.98 Å². The molecule has 2 aliphatic heterocycles. The van der Waals surface area contributed by atoms with Crippen LogP contribution in [-0.2, 0) is 4.74 Å². The first-order valence-electron chi connectivity index (χ1n) is 12.2. The van der Waals surface area contributed by atoms with Gasteiger partial charge in [-0.2, -0.15) is 5.26 Å². The van der Waals surface area contributed by atoms with E-state index in [1.807, 2.05) is 37.5 Å². The van der Waals surface area contributed by atoms with Gasteiger partial charge in [0, 0.05) is 24.4 Å². The molecule has 6 rings (SSSR count). The summed E-state index contributed by atoms with van der Waals surface area (Å²) in [7, 11) is 3.89. The minimum atomic E-state index is -1.00. The van der Waals surface area contributed by atoms with Crippen LogP contribution in [0.2, 0.25) is 0 Å². The summed E-state index contributed by atoms with van der Waals surface area (Å²) in [6, 6.07) is 6.66. The van der Waals surface area contributed by atoms with Crippen LogP contribution in [0.3, 0.4) is 0 Å². The Kier molecular flexibility index (Phi) is 4.40. The van der Waals surface area contributed by atoms with Crippen molar-refractivity contribution in [3.8, 4) is 6.07 Å². The summed E-state index contributed by atoms with van der Waals surface area (Å²) in [5, 5.41) is 32.7. The second-order valence-electron chi connectivity index (χ2n) is 11.4. The number of hydrogen-bond donors (Lipinski definition) is 2. The molecule has 8 atom stereocenters. The Labute approximate surface area is 195 Å². The number of pyridine rings is 1. The number of fused-ring (bicyclic) bond motifs is 1. The molecule has 6 heteroatoms. The van der Waals surface area contributed by atoms with Crippen LogP contribution in [0.25, 0.3) is 5.57 Å². The molecule has 6 nitrogen and oxygen atoms in total. The van der Waals surface area contributed by atoms with E-state index < -0.39 is 28.8 Å². The minimum Gasteiger partial charge on any atom is -0.388 e. The van der Waals surface area contributed by atoms with Gasteiger partial charge in [-0.1, -0.05) is 19.1 Å². The molecule has 2 unspecified atom stereocenters. The molecule has 2 saturated carbocycles. The molecule has 2 N–H and O–H groups in total. The van der Waals surface area contributed by atoms with Gasteiger partial charge in [0.15, 0.2) is 0 Å². The summed E-state index contributed by atoms with van der Waals surface area (Å²) in [5.41, 5.74) is 1.26. The molecule has 2 bridgehead atoms. The molecule has 1 aromatic heterocycles. The van der Waals surface area contributed by atoms with Crippen LogP contribution in [0.15, 0.2) is 42.3 Å². The van der Waals surface area contributed by atoms with E-state index in [-0.39, 0.29) is 17.4 Å². The normalized spacial score (nSPS) is 47.8. The zero-order valence-electron chi connectivity index (χ0n) is 19.7. The minimum absolute atomic E-state index is 0.0771. The molecule has 0 aromatic carbocycles. The molecule has 1 saturated heterocycles. The Bertz CT molecular complexity index is 1090. The van der Waals surface area contributed by atoms with Crippen molar-refractivity contribution in [1.29, 1.82) is 5.26 Å². The summed E-state index contributed by atoms with van der Waals surface area (Å²) < 4.78 is 7.20. The predicted octanol–water partition coefficient (Wildman–Crippen LogP) is 3.08. The lowest BCUT2D eigenvalue weighted by atomic mass is 9.49. The Hall–Kier alpha value is -2.04. The molecule has 0 amide bonds. The van der Waals surface area contributed by atoms with Crippen molar-refractivity contribution in [2.75, 3.05) is 14.1 Å². The molecule has 2 spiro atoms. The van der Waals surface area contributed by atoms with Crippen LogP contribution in [-0.4, -0.2) is 63.6 Å². The third-order valence-electron chi connectivity index (χ3n) is 9.93. The summed E-state index contributed by atoms with van der Waals surface area (Å²) in [4.78, 5) is 6.19. The Morgan fingerprint density at radius 2 is 1.91 bits per heavy atom. The van der Waals surface area contributed by atoms with Gasteiger partial charge in [0.05, 0.1) is 23.4 Å². The van der Waals surface area contributed by atoms with Gasteiger partial charge >= 0.3 is 0 Å². The topological polar surface area (TPSA) is 89.6 Å². The number of rotatable bonds is 2. The number of ether oxygens (including phenoxy) is 1. The highest BCUT2D eigenvalue weighted by Gasteiger charge is 2.74. The van der Waals surface area contributed by atoms with Gasteiger partial charge in [0.2, 0.25) is 0 Å². The molecule has 0 radical (unpaired) electrons. The van der Waals surface area contributed by atoms with E-state index in [1.54, 1.807) is 0 Å². The number of hydrogen-bond acceptors (Lipinski definition) is 6. The Morgan fingerprint density at radius 1 is 1.15 bits per heavy atom. The van der Waals surface area contributed by atoms with Crippen LogP contribution in [0.1, 0.15) is 51.0 Å². The average molecular weight is 448 g/mol. The zero-order chi connectivity index (χ0) is 23.2.